The molecular weight excluding hydrogens is 420 g/mol. The van der Waals surface area contributed by atoms with Gasteiger partial charge in [-0.05, 0) is 34.9 Å². The van der Waals surface area contributed by atoms with Gasteiger partial charge in [-0.1, -0.05) is 30.3 Å². The van der Waals surface area contributed by atoms with Crippen molar-refractivity contribution in [2.24, 2.45) is 0 Å². The number of aliphatic carboxylic acids is 1. The first-order valence-corrected chi connectivity index (χ1v) is 9.93. The number of ether oxygens (including phenoxy) is 1. The number of carboxylic acid groups (broad SMARTS) is 1. The highest BCUT2D eigenvalue weighted by atomic mass is 16.5. The van der Waals surface area contributed by atoms with Gasteiger partial charge in [0, 0.05) is 5.56 Å². The smallest absolute Gasteiger partial charge is 0.312 e. The standard InChI is InChI=1S/C22H22N2O8/c25-10-15-18(28)19(29)20(30)21(31-15)14-3-1-2-13(8-14)11-4-6-12(7-5-11)22-24-23-16(32-22)9-17(26)27/h1-8,15,18-21,25,28-30H,9-10H2,(H,26,27)/t15?,18-,19?,20?,21-/m1/s1. The number of carboxylic acids is 1. The van der Waals surface area contributed by atoms with Gasteiger partial charge in [-0.3, -0.25) is 4.79 Å². The van der Waals surface area contributed by atoms with Crippen LogP contribution >= 0.6 is 0 Å². The number of aliphatic hydroxyl groups excluding tert-OH is 4. The molecule has 32 heavy (non-hydrogen) atoms. The predicted molar refractivity (Wildman–Crippen MR) is 109 cm³/mol. The van der Waals surface area contributed by atoms with Crippen LogP contribution in [0.2, 0.25) is 0 Å². The Morgan fingerprint density at radius 3 is 2.31 bits per heavy atom. The monoisotopic (exact) mass is 442 g/mol. The first kappa shape index (κ1) is 22.1. The second-order valence-corrected chi connectivity index (χ2v) is 7.52. The predicted octanol–water partition coefficient (Wildman–Crippen LogP) is 0.546. The lowest BCUT2D eigenvalue weighted by Crippen LogP contribution is -2.55. The fraction of sp³-hybridized carbons (Fsp3) is 0.318. The van der Waals surface area contributed by atoms with E-state index in [1.807, 2.05) is 18.2 Å². The third-order valence-corrected chi connectivity index (χ3v) is 5.34. The Balaban J connectivity index is 1.56. The molecule has 10 heteroatoms. The molecule has 5 atom stereocenters. The largest absolute Gasteiger partial charge is 0.481 e. The van der Waals surface area contributed by atoms with Gasteiger partial charge in [-0.15, -0.1) is 10.2 Å². The number of hydrogen-bond acceptors (Lipinski definition) is 9. The van der Waals surface area contributed by atoms with Crippen LogP contribution in [-0.4, -0.2) is 72.7 Å². The van der Waals surface area contributed by atoms with E-state index in [9.17, 15) is 25.2 Å². The third-order valence-electron chi connectivity index (χ3n) is 5.34. The van der Waals surface area contributed by atoms with Crippen LogP contribution in [0.5, 0.6) is 0 Å². The number of benzene rings is 2. The van der Waals surface area contributed by atoms with E-state index < -0.39 is 43.1 Å². The summed E-state index contributed by atoms with van der Waals surface area (Å²) in [5.74, 6) is -0.832. The minimum absolute atomic E-state index is 0.0174. The lowest BCUT2D eigenvalue weighted by Gasteiger charge is -2.40. The summed E-state index contributed by atoms with van der Waals surface area (Å²) in [5, 5.41) is 56.2. The molecule has 0 aliphatic carbocycles. The maximum Gasteiger partial charge on any atom is 0.312 e. The van der Waals surface area contributed by atoms with Crippen molar-refractivity contribution >= 4 is 5.97 Å². The summed E-state index contributed by atoms with van der Waals surface area (Å²) in [7, 11) is 0. The van der Waals surface area contributed by atoms with E-state index in [4.69, 9.17) is 14.3 Å². The lowest BCUT2D eigenvalue weighted by atomic mass is 9.90. The SMILES string of the molecule is O=C(O)Cc1nnc(-c2ccc(-c3cccc([C@H]4OC(CO)[C@@H](O)C(O)C4O)c3)cc2)o1. The third kappa shape index (κ3) is 4.40. The first-order valence-electron chi connectivity index (χ1n) is 9.93. The van der Waals surface area contributed by atoms with Crippen LogP contribution < -0.4 is 0 Å². The van der Waals surface area contributed by atoms with Gasteiger partial charge in [-0.25, -0.2) is 0 Å². The molecule has 2 aromatic carbocycles. The van der Waals surface area contributed by atoms with Crippen LogP contribution in [0.3, 0.4) is 0 Å². The van der Waals surface area contributed by atoms with E-state index in [1.54, 1.807) is 30.3 Å². The van der Waals surface area contributed by atoms with E-state index in [2.05, 4.69) is 10.2 Å². The van der Waals surface area contributed by atoms with Crippen molar-refractivity contribution in [1.29, 1.82) is 0 Å². The number of hydrogen-bond donors (Lipinski definition) is 5. The van der Waals surface area contributed by atoms with Gasteiger partial charge >= 0.3 is 5.97 Å². The molecule has 1 saturated heterocycles. The number of rotatable bonds is 6. The highest BCUT2D eigenvalue weighted by Crippen LogP contribution is 2.34. The van der Waals surface area contributed by atoms with Crippen LogP contribution in [0.25, 0.3) is 22.6 Å². The molecule has 1 aliphatic heterocycles. The molecule has 168 valence electrons. The molecule has 0 bridgehead atoms. The van der Waals surface area contributed by atoms with E-state index >= 15 is 0 Å². The molecule has 0 radical (unpaired) electrons. The summed E-state index contributed by atoms with van der Waals surface area (Å²) in [6.45, 7) is -0.494. The summed E-state index contributed by atoms with van der Waals surface area (Å²) in [4.78, 5) is 10.8. The van der Waals surface area contributed by atoms with E-state index in [1.165, 1.54) is 0 Å². The molecule has 10 nitrogen and oxygen atoms in total. The van der Waals surface area contributed by atoms with Gasteiger partial charge in [0.25, 0.3) is 0 Å². The van der Waals surface area contributed by atoms with Gasteiger partial charge in [0.1, 0.15) is 36.9 Å². The van der Waals surface area contributed by atoms with Gasteiger partial charge in [-0.2, -0.15) is 0 Å². The highest BCUT2D eigenvalue weighted by molar-refractivity contribution is 5.69. The second-order valence-electron chi connectivity index (χ2n) is 7.52. The van der Waals surface area contributed by atoms with Crippen molar-refractivity contribution < 1.29 is 39.5 Å². The Morgan fingerprint density at radius 1 is 0.906 bits per heavy atom. The fourth-order valence-corrected chi connectivity index (χ4v) is 3.65. The molecule has 0 saturated carbocycles. The van der Waals surface area contributed by atoms with Crippen LogP contribution in [0.15, 0.2) is 52.9 Å². The van der Waals surface area contributed by atoms with Crippen molar-refractivity contribution in [3.8, 4) is 22.6 Å². The van der Waals surface area contributed by atoms with Gasteiger partial charge in [0.05, 0.1) is 6.61 Å². The molecule has 2 heterocycles. The Hall–Kier alpha value is -3.15. The number of nitrogens with zero attached hydrogens (tertiary/aromatic N) is 2. The topological polar surface area (TPSA) is 166 Å². The zero-order valence-electron chi connectivity index (χ0n) is 16.8. The van der Waals surface area contributed by atoms with Crippen LogP contribution in [0.1, 0.15) is 17.6 Å². The maximum absolute atomic E-state index is 10.8. The summed E-state index contributed by atoms with van der Waals surface area (Å²) in [5.41, 5.74) is 2.86. The number of aromatic nitrogens is 2. The molecule has 4 rings (SSSR count). The van der Waals surface area contributed by atoms with E-state index in [0.29, 0.717) is 11.1 Å². The summed E-state index contributed by atoms with van der Waals surface area (Å²) >= 11 is 0. The zero-order valence-corrected chi connectivity index (χ0v) is 16.8. The Bertz CT molecular complexity index is 1080. The molecular formula is C22H22N2O8. The molecule has 0 amide bonds. The van der Waals surface area contributed by atoms with Gasteiger partial charge in [0.2, 0.25) is 11.8 Å². The average Bonchev–Trinajstić information content (AvgIpc) is 3.26. The molecule has 0 spiro atoms. The molecule has 3 aromatic rings. The zero-order chi connectivity index (χ0) is 22.8. The number of aliphatic hydroxyl groups is 4. The number of carbonyl (C=O) groups is 1. The Morgan fingerprint density at radius 2 is 1.62 bits per heavy atom. The van der Waals surface area contributed by atoms with Crippen molar-refractivity contribution in [1.82, 2.24) is 10.2 Å². The van der Waals surface area contributed by atoms with Crippen LogP contribution in [0.4, 0.5) is 0 Å². The van der Waals surface area contributed by atoms with Crippen molar-refractivity contribution in [3.63, 3.8) is 0 Å². The van der Waals surface area contributed by atoms with Crippen molar-refractivity contribution in [3.05, 3.63) is 60.0 Å². The van der Waals surface area contributed by atoms with Crippen LogP contribution in [0, 0.1) is 0 Å². The van der Waals surface area contributed by atoms with E-state index in [-0.39, 0.29) is 18.2 Å². The summed E-state index contributed by atoms with van der Waals surface area (Å²) in [6, 6.07) is 14.3. The molecule has 1 fully saturated rings. The summed E-state index contributed by atoms with van der Waals surface area (Å²) < 4.78 is 11.0. The quantitative estimate of drug-likeness (QED) is 0.364. The lowest BCUT2D eigenvalue weighted by molar-refractivity contribution is -0.231. The Kier molecular flexibility index (Phi) is 6.31. The van der Waals surface area contributed by atoms with E-state index in [0.717, 1.165) is 11.1 Å². The minimum Gasteiger partial charge on any atom is -0.481 e. The highest BCUT2D eigenvalue weighted by Gasteiger charge is 2.43. The normalized spacial score (nSPS) is 25.6. The Labute approximate surface area is 182 Å². The maximum atomic E-state index is 10.8. The molecule has 3 unspecified atom stereocenters. The fourth-order valence-electron chi connectivity index (χ4n) is 3.65. The molecule has 1 aromatic heterocycles. The van der Waals surface area contributed by atoms with Crippen molar-refractivity contribution in [2.75, 3.05) is 6.61 Å². The minimum atomic E-state index is -1.45. The molecule has 1 aliphatic rings. The van der Waals surface area contributed by atoms with Crippen LogP contribution in [-0.2, 0) is 16.0 Å². The van der Waals surface area contributed by atoms with Gasteiger partial charge < -0.3 is 34.7 Å². The average molecular weight is 442 g/mol. The second kappa shape index (κ2) is 9.15. The van der Waals surface area contributed by atoms with Crippen molar-refractivity contribution in [2.45, 2.75) is 36.9 Å². The first-order chi connectivity index (χ1) is 15.4. The summed E-state index contributed by atoms with van der Waals surface area (Å²) in [6.07, 6.45) is -6.48. The van der Waals surface area contributed by atoms with Gasteiger partial charge in [0.15, 0.2) is 0 Å². The molecule has 5 N–H and O–H groups in total.